The first kappa shape index (κ1) is 11.4. The lowest BCUT2D eigenvalue weighted by molar-refractivity contribution is -0.132. The number of nitrogens with zero attached hydrogens (tertiary/aromatic N) is 1. The van der Waals surface area contributed by atoms with E-state index in [4.69, 9.17) is 0 Å². The van der Waals surface area contributed by atoms with Gasteiger partial charge in [-0.2, -0.15) is 0 Å². The molecule has 1 heterocycles. The largest absolute Gasteiger partial charge is 0.353 e. The second-order valence-electron chi connectivity index (χ2n) is 4.66. The number of alkyl halides is 1. The highest BCUT2D eigenvalue weighted by atomic mass is 19.1. The topological polar surface area (TPSA) is 32.3 Å². The smallest absolute Gasteiger partial charge is 0.237 e. The van der Waals surface area contributed by atoms with Crippen molar-refractivity contribution in [2.45, 2.75) is 45.4 Å². The molecule has 4 heteroatoms. The van der Waals surface area contributed by atoms with Crippen LogP contribution in [0.2, 0.25) is 0 Å². The van der Waals surface area contributed by atoms with Crippen molar-refractivity contribution in [2.24, 2.45) is 0 Å². The molecular formula is C10H19FN2O. The summed E-state index contributed by atoms with van der Waals surface area (Å²) in [6, 6.07) is -0.0794. The summed E-state index contributed by atoms with van der Waals surface area (Å²) in [7, 11) is 0. The highest BCUT2D eigenvalue weighted by Gasteiger charge is 2.42. The van der Waals surface area contributed by atoms with Crippen LogP contribution in [0.3, 0.4) is 0 Å². The molecule has 1 unspecified atom stereocenters. The van der Waals surface area contributed by atoms with Crippen LogP contribution in [-0.4, -0.2) is 41.6 Å². The van der Waals surface area contributed by atoms with Crippen molar-refractivity contribution < 1.29 is 9.18 Å². The third kappa shape index (κ3) is 2.67. The molecule has 0 aromatic carbocycles. The molecule has 1 fully saturated rings. The van der Waals surface area contributed by atoms with Crippen molar-refractivity contribution in [1.82, 2.24) is 10.2 Å². The van der Waals surface area contributed by atoms with E-state index in [9.17, 15) is 9.18 Å². The fourth-order valence-corrected chi connectivity index (χ4v) is 1.65. The van der Waals surface area contributed by atoms with Gasteiger partial charge in [-0.3, -0.25) is 9.69 Å². The molecule has 0 bridgehead atoms. The zero-order valence-electron chi connectivity index (χ0n) is 9.30. The summed E-state index contributed by atoms with van der Waals surface area (Å²) in [5.41, 5.74) is -1.10. The van der Waals surface area contributed by atoms with Gasteiger partial charge >= 0.3 is 0 Å². The first-order chi connectivity index (χ1) is 6.32. The Bertz CT molecular complexity index is 220. The summed E-state index contributed by atoms with van der Waals surface area (Å²) >= 11 is 0. The molecule has 1 amide bonds. The minimum absolute atomic E-state index is 0.0181. The Hall–Kier alpha value is -0.640. The van der Waals surface area contributed by atoms with E-state index in [2.05, 4.69) is 5.32 Å². The Morgan fingerprint density at radius 1 is 1.43 bits per heavy atom. The predicted octanol–water partition coefficient (Wildman–Crippen LogP) is 0.943. The highest BCUT2D eigenvalue weighted by Crippen LogP contribution is 2.26. The number of rotatable bonds is 3. The standard InChI is InChI=1S/C10H19FN2O/c1-7(2)12-9(14)8(3)13-5-10(4,11)6-13/h7-8H,5-6H2,1-4H3,(H,12,14). The minimum atomic E-state index is -1.10. The van der Waals surface area contributed by atoms with E-state index in [1.807, 2.05) is 25.7 Å². The summed E-state index contributed by atoms with van der Waals surface area (Å²) < 4.78 is 13.2. The fourth-order valence-electron chi connectivity index (χ4n) is 1.65. The normalized spacial score (nSPS) is 23.0. The summed E-state index contributed by atoms with van der Waals surface area (Å²) in [5.74, 6) is -0.0181. The second-order valence-corrected chi connectivity index (χ2v) is 4.66. The Labute approximate surface area is 84.7 Å². The van der Waals surface area contributed by atoms with Gasteiger partial charge in [0.25, 0.3) is 0 Å². The number of carbonyl (C=O) groups excluding carboxylic acids is 1. The van der Waals surface area contributed by atoms with E-state index in [0.29, 0.717) is 13.1 Å². The molecule has 82 valence electrons. The first-order valence-electron chi connectivity index (χ1n) is 5.05. The van der Waals surface area contributed by atoms with Crippen LogP contribution in [0.5, 0.6) is 0 Å². The molecule has 0 aromatic rings. The third-order valence-corrected chi connectivity index (χ3v) is 2.42. The molecule has 14 heavy (non-hydrogen) atoms. The van der Waals surface area contributed by atoms with Crippen molar-refractivity contribution in [1.29, 1.82) is 0 Å². The van der Waals surface area contributed by atoms with Crippen molar-refractivity contribution >= 4 is 5.91 Å². The van der Waals surface area contributed by atoms with Crippen LogP contribution in [0.4, 0.5) is 4.39 Å². The number of hydrogen-bond donors (Lipinski definition) is 1. The van der Waals surface area contributed by atoms with Crippen molar-refractivity contribution in [3.05, 3.63) is 0 Å². The average molecular weight is 202 g/mol. The number of likely N-dealkylation sites (tertiary alicyclic amines) is 1. The van der Waals surface area contributed by atoms with Crippen molar-refractivity contribution in [2.75, 3.05) is 13.1 Å². The SMILES string of the molecule is CC(C)NC(=O)C(C)N1CC(C)(F)C1. The molecule has 0 spiro atoms. The zero-order valence-corrected chi connectivity index (χ0v) is 9.30. The van der Waals surface area contributed by atoms with E-state index in [1.54, 1.807) is 6.92 Å². The van der Waals surface area contributed by atoms with Crippen LogP contribution in [0.15, 0.2) is 0 Å². The molecule has 1 rings (SSSR count). The van der Waals surface area contributed by atoms with Gasteiger partial charge in [0.2, 0.25) is 5.91 Å². The maximum absolute atomic E-state index is 13.2. The maximum atomic E-state index is 13.2. The Balaban J connectivity index is 2.36. The van der Waals surface area contributed by atoms with Gasteiger partial charge in [0.1, 0.15) is 5.67 Å². The maximum Gasteiger partial charge on any atom is 0.237 e. The van der Waals surface area contributed by atoms with Crippen LogP contribution < -0.4 is 5.32 Å². The van der Waals surface area contributed by atoms with Crippen LogP contribution in [-0.2, 0) is 4.79 Å². The van der Waals surface area contributed by atoms with Gasteiger partial charge < -0.3 is 5.32 Å². The number of carbonyl (C=O) groups is 1. The third-order valence-electron chi connectivity index (χ3n) is 2.42. The molecule has 1 aliphatic heterocycles. The summed E-state index contributed by atoms with van der Waals surface area (Å²) in [6.07, 6.45) is 0. The number of nitrogens with one attached hydrogen (secondary N) is 1. The van der Waals surface area contributed by atoms with Crippen molar-refractivity contribution in [3.8, 4) is 0 Å². The summed E-state index contributed by atoms with van der Waals surface area (Å²) in [5, 5.41) is 2.82. The van der Waals surface area contributed by atoms with E-state index < -0.39 is 5.67 Å². The van der Waals surface area contributed by atoms with Crippen LogP contribution in [0, 0.1) is 0 Å². The Morgan fingerprint density at radius 3 is 2.29 bits per heavy atom. The van der Waals surface area contributed by atoms with Gasteiger partial charge in [0, 0.05) is 19.1 Å². The van der Waals surface area contributed by atoms with Crippen molar-refractivity contribution in [3.63, 3.8) is 0 Å². The molecule has 1 aliphatic rings. The predicted molar refractivity (Wildman–Crippen MR) is 53.8 cm³/mol. The van der Waals surface area contributed by atoms with Crippen LogP contribution in [0.1, 0.15) is 27.7 Å². The van der Waals surface area contributed by atoms with Gasteiger partial charge in [0.15, 0.2) is 0 Å². The lowest BCUT2D eigenvalue weighted by atomic mass is 9.96. The molecule has 3 nitrogen and oxygen atoms in total. The van der Waals surface area contributed by atoms with Gasteiger partial charge in [0.05, 0.1) is 6.04 Å². The fraction of sp³-hybridized carbons (Fsp3) is 0.900. The lowest BCUT2D eigenvalue weighted by Gasteiger charge is -2.45. The highest BCUT2D eigenvalue weighted by molar-refractivity contribution is 5.81. The molecule has 0 saturated carbocycles. The summed E-state index contributed by atoms with van der Waals surface area (Å²) in [4.78, 5) is 13.4. The molecule has 1 atom stereocenters. The van der Waals surface area contributed by atoms with Gasteiger partial charge in [-0.25, -0.2) is 4.39 Å². The molecule has 1 saturated heterocycles. The van der Waals surface area contributed by atoms with Crippen LogP contribution >= 0.6 is 0 Å². The Morgan fingerprint density at radius 2 is 1.93 bits per heavy atom. The number of halogens is 1. The average Bonchev–Trinajstić information content (AvgIpc) is 1.97. The second kappa shape index (κ2) is 3.85. The lowest BCUT2D eigenvalue weighted by Crippen LogP contribution is -2.63. The zero-order chi connectivity index (χ0) is 10.9. The number of hydrogen-bond acceptors (Lipinski definition) is 2. The van der Waals surface area contributed by atoms with Crippen LogP contribution in [0.25, 0.3) is 0 Å². The van der Waals surface area contributed by atoms with E-state index >= 15 is 0 Å². The monoisotopic (exact) mass is 202 g/mol. The van der Waals surface area contributed by atoms with E-state index in [-0.39, 0.29) is 18.0 Å². The van der Waals surface area contributed by atoms with Gasteiger partial charge in [-0.1, -0.05) is 0 Å². The summed E-state index contributed by atoms with van der Waals surface area (Å²) in [6.45, 7) is 7.93. The van der Waals surface area contributed by atoms with E-state index in [1.165, 1.54) is 0 Å². The molecular weight excluding hydrogens is 183 g/mol. The van der Waals surface area contributed by atoms with E-state index in [0.717, 1.165) is 0 Å². The molecule has 0 aromatic heterocycles. The molecule has 0 aliphatic carbocycles. The molecule has 1 N–H and O–H groups in total. The molecule has 0 radical (unpaired) electrons. The van der Waals surface area contributed by atoms with Gasteiger partial charge in [-0.15, -0.1) is 0 Å². The Kier molecular flexibility index (Phi) is 3.14. The van der Waals surface area contributed by atoms with Gasteiger partial charge in [-0.05, 0) is 27.7 Å². The number of amides is 1. The quantitative estimate of drug-likeness (QED) is 0.739. The first-order valence-corrected chi connectivity index (χ1v) is 5.05. The minimum Gasteiger partial charge on any atom is -0.353 e.